The number of rotatable bonds is 3. The van der Waals surface area contributed by atoms with Crippen molar-refractivity contribution in [1.82, 2.24) is 0 Å². The van der Waals surface area contributed by atoms with Crippen molar-refractivity contribution in [3.8, 4) is 0 Å². The molecule has 1 spiro atoms. The molecule has 4 nitrogen and oxygen atoms in total. The van der Waals surface area contributed by atoms with Crippen molar-refractivity contribution in [2.45, 2.75) is 40.0 Å². The zero-order valence-corrected chi connectivity index (χ0v) is 16.4. The van der Waals surface area contributed by atoms with Crippen molar-refractivity contribution < 1.29 is 14.3 Å². The van der Waals surface area contributed by atoms with E-state index in [2.05, 4.69) is 29.2 Å². The van der Waals surface area contributed by atoms with Gasteiger partial charge >= 0.3 is 0 Å². The molecule has 0 aromatic heterocycles. The quantitative estimate of drug-likeness (QED) is 0.767. The van der Waals surface area contributed by atoms with Gasteiger partial charge in [0.2, 0.25) is 0 Å². The first-order chi connectivity index (χ1) is 12.9. The molecule has 0 N–H and O–H groups in total. The number of anilines is 1. The van der Waals surface area contributed by atoms with E-state index in [1.807, 2.05) is 32.9 Å². The minimum Gasteiger partial charge on any atom is -0.361 e. The molecule has 142 valence electrons. The standard InChI is InChI=1S/C23H27NO3/c1-4-27-15-24-14-23(20(25)12-22(2,3)13-21(23)26)11-18-17-8-6-5-7-16(17)9-10-19(18)24/h5-10H,4,11-15H2,1-3H3. The second kappa shape index (κ2) is 6.45. The summed E-state index contributed by atoms with van der Waals surface area (Å²) in [6, 6.07) is 12.4. The van der Waals surface area contributed by atoms with Gasteiger partial charge in [-0.05, 0) is 41.2 Å². The summed E-state index contributed by atoms with van der Waals surface area (Å²) in [7, 11) is 0. The summed E-state index contributed by atoms with van der Waals surface area (Å²) in [5, 5.41) is 2.27. The molecule has 4 heteroatoms. The van der Waals surface area contributed by atoms with Gasteiger partial charge in [0.05, 0.1) is 0 Å². The highest BCUT2D eigenvalue weighted by atomic mass is 16.5. The molecule has 1 fully saturated rings. The molecule has 1 heterocycles. The van der Waals surface area contributed by atoms with E-state index in [0.29, 0.717) is 39.1 Å². The molecule has 0 amide bonds. The molecule has 0 saturated heterocycles. The predicted molar refractivity (Wildman–Crippen MR) is 107 cm³/mol. The summed E-state index contributed by atoms with van der Waals surface area (Å²) >= 11 is 0. The first-order valence-electron chi connectivity index (χ1n) is 9.76. The van der Waals surface area contributed by atoms with E-state index in [1.54, 1.807) is 0 Å². The average Bonchev–Trinajstić information content (AvgIpc) is 2.63. The van der Waals surface area contributed by atoms with Crippen LogP contribution in [0, 0.1) is 10.8 Å². The van der Waals surface area contributed by atoms with E-state index in [0.717, 1.165) is 22.0 Å². The van der Waals surface area contributed by atoms with Gasteiger partial charge < -0.3 is 9.64 Å². The number of benzene rings is 2. The van der Waals surface area contributed by atoms with E-state index in [4.69, 9.17) is 4.74 Å². The zero-order valence-electron chi connectivity index (χ0n) is 16.4. The van der Waals surface area contributed by atoms with E-state index < -0.39 is 5.41 Å². The first kappa shape index (κ1) is 18.2. The maximum Gasteiger partial charge on any atom is 0.149 e. The van der Waals surface area contributed by atoms with Crippen LogP contribution in [0.1, 0.15) is 39.2 Å². The van der Waals surface area contributed by atoms with E-state index in [1.165, 1.54) is 0 Å². The van der Waals surface area contributed by atoms with Crippen LogP contribution in [0.25, 0.3) is 10.8 Å². The van der Waals surface area contributed by atoms with E-state index >= 15 is 0 Å². The smallest absolute Gasteiger partial charge is 0.149 e. The van der Waals surface area contributed by atoms with Crippen LogP contribution in [0.5, 0.6) is 0 Å². The second-order valence-corrected chi connectivity index (χ2v) is 8.73. The Bertz CT molecular complexity index is 895. The molecule has 1 saturated carbocycles. The molecule has 2 aromatic carbocycles. The normalized spacial score (nSPS) is 20.9. The molecule has 1 aliphatic carbocycles. The SMILES string of the molecule is CCOCN1CC2(Cc3c1ccc1ccccc31)C(=O)CC(C)(C)CC2=O. The number of fused-ring (bicyclic) bond motifs is 3. The lowest BCUT2D eigenvalue weighted by Gasteiger charge is -2.47. The van der Waals surface area contributed by atoms with Crippen molar-refractivity contribution in [2.75, 3.05) is 24.8 Å². The lowest BCUT2D eigenvalue weighted by atomic mass is 9.60. The lowest BCUT2D eigenvalue weighted by Crippen LogP contribution is -2.57. The Hall–Kier alpha value is -2.20. The summed E-state index contributed by atoms with van der Waals surface area (Å²) in [6.45, 7) is 7.40. The third kappa shape index (κ3) is 2.96. The molecule has 0 atom stereocenters. The van der Waals surface area contributed by atoms with E-state index in [9.17, 15) is 9.59 Å². The van der Waals surface area contributed by atoms with Crippen molar-refractivity contribution in [3.05, 3.63) is 42.0 Å². The van der Waals surface area contributed by atoms with Crippen LogP contribution in [-0.4, -0.2) is 31.4 Å². The van der Waals surface area contributed by atoms with Crippen LogP contribution in [-0.2, 0) is 20.7 Å². The summed E-state index contributed by atoms with van der Waals surface area (Å²) in [6.07, 6.45) is 1.42. The summed E-state index contributed by atoms with van der Waals surface area (Å²) in [4.78, 5) is 28.6. The Morgan fingerprint density at radius 3 is 2.41 bits per heavy atom. The minimum absolute atomic E-state index is 0.0869. The number of nitrogens with zero attached hydrogens (tertiary/aromatic N) is 1. The van der Waals surface area contributed by atoms with Crippen LogP contribution in [0.3, 0.4) is 0 Å². The van der Waals surface area contributed by atoms with Gasteiger partial charge in [-0.2, -0.15) is 0 Å². The number of carbonyl (C=O) groups is 2. The van der Waals surface area contributed by atoms with Crippen molar-refractivity contribution in [2.24, 2.45) is 10.8 Å². The Balaban J connectivity index is 1.86. The summed E-state index contributed by atoms with van der Waals surface area (Å²) < 4.78 is 5.69. The van der Waals surface area contributed by atoms with Gasteiger partial charge in [0, 0.05) is 31.7 Å². The monoisotopic (exact) mass is 365 g/mol. The van der Waals surface area contributed by atoms with Gasteiger partial charge in [0.1, 0.15) is 23.7 Å². The molecule has 0 unspecified atom stereocenters. The number of hydrogen-bond donors (Lipinski definition) is 0. The van der Waals surface area contributed by atoms with Crippen LogP contribution < -0.4 is 4.90 Å². The van der Waals surface area contributed by atoms with Gasteiger partial charge in [-0.3, -0.25) is 9.59 Å². The third-order valence-corrected chi connectivity index (χ3v) is 6.09. The fourth-order valence-electron chi connectivity index (χ4n) is 4.69. The number of ether oxygens (including phenoxy) is 1. The number of Topliss-reactive ketones (excluding diaryl/α,β-unsaturated/α-hetero) is 2. The van der Waals surface area contributed by atoms with Gasteiger partial charge in [-0.15, -0.1) is 0 Å². The maximum absolute atomic E-state index is 13.3. The number of hydrogen-bond acceptors (Lipinski definition) is 4. The second-order valence-electron chi connectivity index (χ2n) is 8.73. The first-order valence-corrected chi connectivity index (χ1v) is 9.76. The maximum atomic E-state index is 13.3. The van der Waals surface area contributed by atoms with Crippen LogP contribution >= 0.6 is 0 Å². The van der Waals surface area contributed by atoms with Crippen molar-refractivity contribution in [1.29, 1.82) is 0 Å². The van der Waals surface area contributed by atoms with Crippen molar-refractivity contribution in [3.63, 3.8) is 0 Å². The van der Waals surface area contributed by atoms with Gasteiger partial charge in [0.15, 0.2) is 0 Å². The number of ketones is 2. The highest BCUT2D eigenvalue weighted by molar-refractivity contribution is 6.11. The molecule has 27 heavy (non-hydrogen) atoms. The molecular weight excluding hydrogens is 338 g/mol. The van der Waals surface area contributed by atoms with Crippen molar-refractivity contribution >= 4 is 28.0 Å². The summed E-state index contributed by atoms with van der Waals surface area (Å²) in [5.74, 6) is 0.174. The molecule has 4 rings (SSSR count). The molecule has 1 aliphatic heterocycles. The van der Waals surface area contributed by atoms with Crippen LogP contribution in [0.4, 0.5) is 5.69 Å². The van der Waals surface area contributed by atoms with Crippen LogP contribution in [0.15, 0.2) is 36.4 Å². The molecule has 2 aliphatic rings. The third-order valence-electron chi connectivity index (χ3n) is 6.09. The highest BCUT2D eigenvalue weighted by Crippen LogP contribution is 2.48. The topological polar surface area (TPSA) is 46.6 Å². The minimum atomic E-state index is -0.941. The molecule has 0 radical (unpaired) electrons. The Labute approximate surface area is 160 Å². The van der Waals surface area contributed by atoms with Gasteiger partial charge in [-0.1, -0.05) is 44.2 Å². The van der Waals surface area contributed by atoms with Crippen LogP contribution in [0.2, 0.25) is 0 Å². The fraction of sp³-hybridized carbons (Fsp3) is 0.478. The molecular formula is C23H27NO3. The van der Waals surface area contributed by atoms with Gasteiger partial charge in [0.25, 0.3) is 0 Å². The summed E-state index contributed by atoms with van der Waals surface area (Å²) in [5.41, 5.74) is 0.992. The highest BCUT2D eigenvalue weighted by Gasteiger charge is 2.54. The Morgan fingerprint density at radius 2 is 1.70 bits per heavy atom. The Kier molecular flexibility index (Phi) is 4.34. The average molecular weight is 365 g/mol. The largest absolute Gasteiger partial charge is 0.361 e. The predicted octanol–water partition coefficient (Wildman–Crippen LogP) is 4.14. The molecule has 0 bridgehead atoms. The number of carbonyl (C=O) groups excluding carboxylic acids is 2. The zero-order chi connectivity index (χ0) is 19.2. The fourth-order valence-corrected chi connectivity index (χ4v) is 4.69. The van der Waals surface area contributed by atoms with E-state index in [-0.39, 0.29) is 17.0 Å². The molecule has 2 aromatic rings. The lowest BCUT2D eigenvalue weighted by molar-refractivity contribution is -0.148. The van der Waals surface area contributed by atoms with Gasteiger partial charge in [-0.25, -0.2) is 0 Å². The Morgan fingerprint density at radius 1 is 1.00 bits per heavy atom.